The minimum atomic E-state index is -0.108. The van der Waals surface area contributed by atoms with Gasteiger partial charge in [-0.05, 0) is 52.0 Å². The van der Waals surface area contributed by atoms with Gasteiger partial charge in [0.15, 0.2) is 5.76 Å². The summed E-state index contributed by atoms with van der Waals surface area (Å²) in [6.45, 7) is 3.45. The lowest BCUT2D eigenvalue weighted by atomic mass is 10.00. The molecule has 1 aliphatic heterocycles. The van der Waals surface area contributed by atoms with Crippen LogP contribution >= 0.6 is 24.8 Å². The number of nitrogens with zero attached hydrogens (tertiary/aromatic N) is 1. The molecule has 2 N–H and O–H groups in total. The topological polar surface area (TPSA) is 57.5 Å². The van der Waals surface area contributed by atoms with E-state index in [4.69, 9.17) is 4.42 Å². The Hall–Kier alpha value is -1.27. The number of halogens is 2. The second kappa shape index (κ2) is 10.0. The van der Waals surface area contributed by atoms with E-state index >= 15 is 0 Å². The van der Waals surface area contributed by atoms with Crippen LogP contribution in [-0.4, -0.2) is 44.5 Å². The average molecular weight is 388 g/mol. The van der Waals surface area contributed by atoms with Gasteiger partial charge in [0.25, 0.3) is 5.91 Å². The third kappa shape index (κ3) is 5.35. The highest BCUT2D eigenvalue weighted by Crippen LogP contribution is 2.26. The molecule has 0 bridgehead atoms. The smallest absolute Gasteiger partial charge is 0.287 e. The molecule has 7 heteroatoms. The highest BCUT2D eigenvalue weighted by Gasteiger charge is 2.22. The zero-order chi connectivity index (χ0) is 16.2. The fourth-order valence-electron chi connectivity index (χ4n) is 3.17. The Kier molecular flexibility index (Phi) is 8.73. The van der Waals surface area contributed by atoms with Crippen LogP contribution in [0.5, 0.6) is 0 Å². The van der Waals surface area contributed by atoms with Gasteiger partial charge in [-0.1, -0.05) is 18.2 Å². The lowest BCUT2D eigenvalue weighted by Crippen LogP contribution is -2.38. The van der Waals surface area contributed by atoms with Gasteiger partial charge in [0.05, 0.1) is 0 Å². The van der Waals surface area contributed by atoms with E-state index in [-0.39, 0.29) is 30.7 Å². The summed E-state index contributed by atoms with van der Waals surface area (Å²) in [5.41, 5.74) is 1.73. The van der Waals surface area contributed by atoms with Crippen molar-refractivity contribution in [3.05, 3.63) is 35.6 Å². The molecule has 1 aromatic carbocycles. The SMILES string of the molecule is CN(C)Cc1c(C(=O)NCC2CCCNC2)oc2ccccc12.Cl.Cl. The van der Waals surface area contributed by atoms with Gasteiger partial charge in [0, 0.05) is 24.0 Å². The Morgan fingerprint density at radius 2 is 2.08 bits per heavy atom. The Balaban J connectivity index is 0.00000156. The summed E-state index contributed by atoms with van der Waals surface area (Å²) in [6.07, 6.45) is 2.34. The highest BCUT2D eigenvalue weighted by molar-refractivity contribution is 5.99. The number of rotatable bonds is 5. The van der Waals surface area contributed by atoms with Crippen LogP contribution in [0.1, 0.15) is 29.0 Å². The van der Waals surface area contributed by atoms with Gasteiger partial charge in [0.1, 0.15) is 5.58 Å². The van der Waals surface area contributed by atoms with Gasteiger partial charge in [-0.25, -0.2) is 0 Å². The van der Waals surface area contributed by atoms with E-state index in [0.29, 0.717) is 24.8 Å². The molecule has 1 fully saturated rings. The molecule has 0 aliphatic carbocycles. The maximum absolute atomic E-state index is 12.6. The van der Waals surface area contributed by atoms with Gasteiger partial charge in [-0.2, -0.15) is 0 Å². The molecule has 0 saturated carbocycles. The van der Waals surface area contributed by atoms with Crippen LogP contribution in [-0.2, 0) is 6.54 Å². The summed E-state index contributed by atoms with van der Waals surface area (Å²) in [5.74, 6) is 0.849. The van der Waals surface area contributed by atoms with Crippen LogP contribution in [0.25, 0.3) is 11.0 Å². The molecule has 140 valence electrons. The van der Waals surface area contributed by atoms with Crippen molar-refractivity contribution in [1.29, 1.82) is 0 Å². The number of benzene rings is 1. The number of furan rings is 1. The number of carbonyl (C=O) groups excluding carboxylic acids is 1. The van der Waals surface area contributed by atoms with Crippen LogP contribution in [0.3, 0.4) is 0 Å². The molecule has 25 heavy (non-hydrogen) atoms. The number of fused-ring (bicyclic) bond motifs is 1. The van der Waals surface area contributed by atoms with Crippen molar-refractivity contribution in [1.82, 2.24) is 15.5 Å². The van der Waals surface area contributed by atoms with Crippen LogP contribution in [0.2, 0.25) is 0 Å². The minimum absolute atomic E-state index is 0. The van der Waals surface area contributed by atoms with E-state index in [1.807, 2.05) is 38.4 Å². The Labute approximate surface area is 161 Å². The summed E-state index contributed by atoms with van der Waals surface area (Å²) in [4.78, 5) is 14.7. The Morgan fingerprint density at radius 3 is 2.76 bits per heavy atom. The predicted molar refractivity (Wildman–Crippen MR) is 106 cm³/mol. The van der Waals surface area contributed by atoms with Gasteiger partial charge in [-0.3, -0.25) is 4.79 Å². The van der Waals surface area contributed by atoms with E-state index in [1.54, 1.807) is 0 Å². The lowest BCUT2D eigenvalue weighted by molar-refractivity contribution is 0.0917. The molecule has 0 spiro atoms. The molecular weight excluding hydrogens is 361 g/mol. The first-order valence-corrected chi connectivity index (χ1v) is 8.29. The highest BCUT2D eigenvalue weighted by atomic mass is 35.5. The monoisotopic (exact) mass is 387 g/mol. The van der Waals surface area contributed by atoms with Gasteiger partial charge >= 0.3 is 0 Å². The third-order valence-electron chi connectivity index (χ3n) is 4.33. The van der Waals surface area contributed by atoms with E-state index < -0.39 is 0 Å². The third-order valence-corrected chi connectivity index (χ3v) is 4.33. The Morgan fingerprint density at radius 1 is 1.32 bits per heavy atom. The van der Waals surface area contributed by atoms with Gasteiger partial charge in [0.2, 0.25) is 0 Å². The number of hydrogen-bond acceptors (Lipinski definition) is 4. The summed E-state index contributed by atoms with van der Waals surface area (Å²) >= 11 is 0. The first-order valence-electron chi connectivity index (χ1n) is 8.29. The largest absolute Gasteiger partial charge is 0.451 e. The molecular formula is C18H27Cl2N3O2. The molecule has 2 aromatic rings. The van der Waals surface area contributed by atoms with Crippen molar-refractivity contribution in [2.75, 3.05) is 33.7 Å². The van der Waals surface area contributed by atoms with Crippen LogP contribution < -0.4 is 10.6 Å². The van der Waals surface area contributed by atoms with E-state index in [0.717, 1.165) is 36.0 Å². The van der Waals surface area contributed by atoms with Crippen LogP contribution in [0.15, 0.2) is 28.7 Å². The number of hydrogen-bond donors (Lipinski definition) is 2. The summed E-state index contributed by atoms with van der Waals surface area (Å²) in [6, 6.07) is 7.84. The van der Waals surface area contributed by atoms with Gasteiger partial charge < -0.3 is 20.0 Å². The quantitative estimate of drug-likeness (QED) is 0.827. The molecule has 1 atom stereocenters. The minimum Gasteiger partial charge on any atom is -0.451 e. The van der Waals surface area contributed by atoms with E-state index in [9.17, 15) is 4.79 Å². The van der Waals surface area contributed by atoms with Gasteiger partial charge in [-0.15, -0.1) is 24.8 Å². The lowest BCUT2D eigenvalue weighted by Gasteiger charge is -2.22. The number of piperidine rings is 1. The zero-order valence-electron chi connectivity index (χ0n) is 14.7. The second-order valence-electron chi connectivity index (χ2n) is 6.57. The second-order valence-corrected chi connectivity index (χ2v) is 6.57. The normalized spacial score (nSPS) is 17.0. The molecule has 1 aliphatic rings. The number of para-hydroxylation sites is 1. The predicted octanol–water partition coefficient (Wildman–Crippen LogP) is 3.07. The number of nitrogens with one attached hydrogen (secondary N) is 2. The van der Waals surface area contributed by atoms with Crippen molar-refractivity contribution >= 4 is 41.7 Å². The van der Waals surface area contributed by atoms with Crippen LogP contribution in [0.4, 0.5) is 0 Å². The standard InChI is InChI=1S/C18H25N3O2.2ClH/c1-21(2)12-15-14-7-3-4-8-16(14)23-17(15)18(22)20-11-13-6-5-9-19-10-13;;/h3-4,7-8,13,19H,5-6,9-12H2,1-2H3,(H,20,22);2*1H. The number of carbonyl (C=O) groups is 1. The van der Waals surface area contributed by atoms with Crippen molar-refractivity contribution in [3.63, 3.8) is 0 Å². The van der Waals surface area contributed by atoms with Crippen LogP contribution in [0, 0.1) is 5.92 Å². The summed E-state index contributed by atoms with van der Waals surface area (Å²) < 4.78 is 5.85. The summed E-state index contributed by atoms with van der Waals surface area (Å²) in [5, 5.41) is 7.45. The first-order chi connectivity index (χ1) is 11.1. The molecule has 5 nitrogen and oxygen atoms in total. The molecule has 1 unspecified atom stereocenters. The maximum atomic E-state index is 12.6. The number of amides is 1. The van der Waals surface area contributed by atoms with E-state index in [1.165, 1.54) is 6.42 Å². The Bertz CT molecular complexity index is 682. The molecule has 1 amide bonds. The molecule has 0 radical (unpaired) electrons. The van der Waals surface area contributed by atoms with Crippen molar-refractivity contribution in [2.24, 2.45) is 5.92 Å². The molecule has 3 rings (SSSR count). The average Bonchev–Trinajstić information content (AvgIpc) is 2.92. The molecule has 1 saturated heterocycles. The maximum Gasteiger partial charge on any atom is 0.287 e. The first kappa shape index (κ1) is 21.8. The molecule has 1 aromatic heterocycles. The molecule has 2 heterocycles. The van der Waals surface area contributed by atoms with E-state index in [2.05, 4.69) is 15.5 Å². The fourth-order valence-corrected chi connectivity index (χ4v) is 3.17. The zero-order valence-corrected chi connectivity index (χ0v) is 16.3. The fraction of sp³-hybridized carbons (Fsp3) is 0.500. The van der Waals surface area contributed by atoms with Crippen molar-refractivity contribution in [2.45, 2.75) is 19.4 Å². The summed E-state index contributed by atoms with van der Waals surface area (Å²) in [7, 11) is 3.99. The van der Waals surface area contributed by atoms with Crippen molar-refractivity contribution < 1.29 is 9.21 Å². The van der Waals surface area contributed by atoms with Crippen molar-refractivity contribution in [3.8, 4) is 0 Å².